The maximum Gasteiger partial charge on any atom is 0.251 e. The molecule has 1 saturated heterocycles. The summed E-state index contributed by atoms with van der Waals surface area (Å²) in [7, 11) is 0. The van der Waals surface area contributed by atoms with Gasteiger partial charge < -0.3 is 10.4 Å². The fraction of sp³-hybridized carbons (Fsp3) is 0.409. The Morgan fingerprint density at radius 3 is 2.68 bits per heavy atom. The van der Waals surface area contributed by atoms with E-state index >= 15 is 0 Å². The maximum absolute atomic E-state index is 12.3. The Morgan fingerprint density at radius 1 is 1.21 bits per heavy atom. The Hall–Kier alpha value is -2.75. The lowest BCUT2D eigenvalue weighted by Crippen LogP contribution is -2.43. The third-order valence-electron chi connectivity index (χ3n) is 5.23. The van der Waals surface area contributed by atoms with E-state index in [0.29, 0.717) is 17.8 Å². The molecule has 1 aromatic heterocycles. The number of hydrogen-bond donors (Lipinski definition) is 2. The van der Waals surface area contributed by atoms with Crippen LogP contribution in [0.2, 0.25) is 0 Å². The monoisotopic (exact) mass is 378 g/mol. The van der Waals surface area contributed by atoms with Crippen LogP contribution in [-0.4, -0.2) is 53.2 Å². The number of aliphatic hydroxyl groups is 1. The molecular weight excluding hydrogens is 352 g/mol. The summed E-state index contributed by atoms with van der Waals surface area (Å²) in [5.41, 5.74) is 2.87. The third kappa shape index (κ3) is 5.16. The van der Waals surface area contributed by atoms with Crippen LogP contribution in [0.25, 0.3) is 11.1 Å². The summed E-state index contributed by atoms with van der Waals surface area (Å²) in [5, 5.41) is 21.2. The normalized spacial score (nSPS) is 17.1. The number of carbonyl (C=O) groups is 1. The van der Waals surface area contributed by atoms with Gasteiger partial charge in [-0.2, -0.15) is 5.26 Å². The molecule has 1 aromatic carbocycles. The van der Waals surface area contributed by atoms with Crippen LogP contribution in [0.1, 0.15) is 41.7 Å². The second kappa shape index (κ2) is 9.98. The fourth-order valence-corrected chi connectivity index (χ4v) is 3.59. The highest BCUT2D eigenvalue weighted by Crippen LogP contribution is 2.19. The van der Waals surface area contributed by atoms with E-state index in [0.717, 1.165) is 37.1 Å². The summed E-state index contributed by atoms with van der Waals surface area (Å²) in [5.74, 6) is -0.0816. The van der Waals surface area contributed by atoms with Gasteiger partial charge in [0.15, 0.2) is 0 Å². The summed E-state index contributed by atoms with van der Waals surface area (Å²) in [6.07, 6.45) is 5.96. The van der Waals surface area contributed by atoms with Gasteiger partial charge in [-0.1, -0.05) is 18.6 Å². The lowest BCUT2D eigenvalue weighted by molar-refractivity contribution is 0.0868. The number of nitrogens with one attached hydrogen (secondary N) is 1. The number of aliphatic hydroxyl groups excluding tert-OH is 1. The van der Waals surface area contributed by atoms with Crippen molar-refractivity contribution in [1.29, 1.82) is 5.26 Å². The zero-order chi connectivity index (χ0) is 19.8. The Labute approximate surface area is 165 Å². The molecule has 3 rings (SSSR count). The first kappa shape index (κ1) is 20.0. The molecule has 1 aliphatic rings. The van der Waals surface area contributed by atoms with Crippen LogP contribution in [0.3, 0.4) is 0 Å². The van der Waals surface area contributed by atoms with Gasteiger partial charge >= 0.3 is 0 Å². The number of piperidine rings is 1. The molecule has 0 bridgehead atoms. The number of nitrogens with zero attached hydrogens (tertiary/aromatic N) is 3. The molecule has 28 heavy (non-hydrogen) atoms. The first-order valence-corrected chi connectivity index (χ1v) is 9.81. The molecule has 146 valence electrons. The average molecular weight is 378 g/mol. The van der Waals surface area contributed by atoms with E-state index in [-0.39, 0.29) is 18.6 Å². The minimum Gasteiger partial charge on any atom is -0.395 e. The SMILES string of the molecule is N#Cc1ccc(-c2ccc(C(=O)NCCCN3CCCC[C@@H]3CO)cc2)cn1. The Bertz CT molecular complexity index is 812. The molecule has 2 aromatic rings. The number of amides is 1. The van der Waals surface area contributed by atoms with E-state index in [9.17, 15) is 9.90 Å². The highest BCUT2D eigenvalue weighted by atomic mass is 16.3. The summed E-state index contributed by atoms with van der Waals surface area (Å²) in [6.45, 7) is 2.77. The number of carbonyl (C=O) groups excluding carboxylic acids is 1. The Morgan fingerprint density at radius 2 is 2.00 bits per heavy atom. The zero-order valence-corrected chi connectivity index (χ0v) is 16.0. The lowest BCUT2D eigenvalue weighted by atomic mass is 10.0. The second-order valence-electron chi connectivity index (χ2n) is 7.10. The second-order valence-corrected chi connectivity index (χ2v) is 7.10. The predicted octanol–water partition coefficient (Wildman–Crippen LogP) is 2.59. The maximum atomic E-state index is 12.3. The number of aromatic nitrogens is 1. The van der Waals surface area contributed by atoms with Crippen LogP contribution in [0, 0.1) is 11.3 Å². The molecule has 0 spiro atoms. The van der Waals surface area contributed by atoms with Crippen LogP contribution in [0.4, 0.5) is 0 Å². The molecule has 2 N–H and O–H groups in total. The van der Waals surface area contributed by atoms with Gasteiger partial charge in [0.25, 0.3) is 5.91 Å². The fourth-order valence-electron chi connectivity index (χ4n) is 3.59. The average Bonchev–Trinajstić information content (AvgIpc) is 2.77. The summed E-state index contributed by atoms with van der Waals surface area (Å²) >= 11 is 0. The van der Waals surface area contributed by atoms with Crippen molar-refractivity contribution in [2.45, 2.75) is 31.7 Å². The minimum atomic E-state index is -0.0816. The Balaban J connectivity index is 1.47. The van der Waals surface area contributed by atoms with Gasteiger partial charge in [-0.3, -0.25) is 9.69 Å². The number of hydrogen-bond acceptors (Lipinski definition) is 5. The van der Waals surface area contributed by atoms with E-state index in [1.807, 2.05) is 24.3 Å². The quantitative estimate of drug-likeness (QED) is 0.723. The number of benzene rings is 1. The summed E-state index contributed by atoms with van der Waals surface area (Å²) < 4.78 is 0. The van der Waals surface area contributed by atoms with Crippen LogP contribution in [0.5, 0.6) is 0 Å². The Kier molecular flexibility index (Phi) is 7.12. The van der Waals surface area contributed by atoms with Gasteiger partial charge in [0.05, 0.1) is 6.61 Å². The first-order chi connectivity index (χ1) is 13.7. The molecule has 1 fully saturated rings. The molecule has 1 aliphatic heterocycles. The van der Waals surface area contributed by atoms with Crippen molar-refractivity contribution in [1.82, 2.24) is 15.2 Å². The number of pyridine rings is 1. The van der Waals surface area contributed by atoms with Gasteiger partial charge in [-0.15, -0.1) is 0 Å². The van der Waals surface area contributed by atoms with Crippen molar-refractivity contribution in [2.24, 2.45) is 0 Å². The highest BCUT2D eigenvalue weighted by Gasteiger charge is 2.20. The largest absolute Gasteiger partial charge is 0.395 e. The smallest absolute Gasteiger partial charge is 0.251 e. The van der Waals surface area contributed by atoms with E-state index < -0.39 is 0 Å². The van der Waals surface area contributed by atoms with Gasteiger partial charge in [0.2, 0.25) is 0 Å². The highest BCUT2D eigenvalue weighted by molar-refractivity contribution is 5.94. The van der Waals surface area contributed by atoms with Crippen molar-refractivity contribution < 1.29 is 9.90 Å². The van der Waals surface area contributed by atoms with E-state index in [1.165, 1.54) is 12.8 Å². The zero-order valence-electron chi connectivity index (χ0n) is 16.0. The molecule has 1 atom stereocenters. The van der Waals surface area contributed by atoms with E-state index in [2.05, 4.69) is 15.2 Å². The lowest BCUT2D eigenvalue weighted by Gasteiger charge is -2.34. The number of likely N-dealkylation sites (tertiary alicyclic amines) is 1. The topological polar surface area (TPSA) is 89.2 Å². The van der Waals surface area contributed by atoms with Crippen molar-refractivity contribution in [2.75, 3.05) is 26.2 Å². The van der Waals surface area contributed by atoms with Crippen molar-refractivity contribution >= 4 is 5.91 Å². The molecule has 0 unspecified atom stereocenters. The van der Waals surface area contributed by atoms with Crippen LogP contribution in [-0.2, 0) is 0 Å². The molecule has 0 radical (unpaired) electrons. The van der Waals surface area contributed by atoms with Crippen LogP contribution < -0.4 is 5.32 Å². The molecule has 0 aliphatic carbocycles. The molecule has 0 saturated carbocycles. The van der Waals surface area contributed by atoms with Gasteiger partial charge in [-0.05, 0) is 55.6 Å². The molecular formula is C22H26N4O2. The number of rotatable bonds is 7. The third-order valence-corrected chi connectivity index (χ3v) is 5.23. The van der Waals surface area contributed by atoms with Crippen LogP contribution >= 0.6 is 0 Å². The predicted molar refractivity (Wildman–Crippen MR) is 108 cm³/mol. The standard InChI is InChI=1S/C22H26N4O2/c23-14-20-10-9-19(15-25-20)17-5-7-18(8-6-17)22(28)24-11-3-13-26-12-2-1-4-21(26)16-27/h5-10,15,21,27H,1-4,11-13,16H2,(H,24,28)/t21-/m1/s1. The van der Waals surface area contributed by atoms with Crippen molar-refractivity contribution in [3.8, 4) is 17.2 Å². The minimum absolute atomic E-state index is 0.0816. The van der Waals surface area contributed by atoms with E-state index in [1.54, 1.807) is 24.4 Å². The van der Waals surface area contributed by atoms with Crippen molar-refractivity contribution in [3.05, 3.63) is 53.9 Å². The van der Waals surface area contributed by atoms with Crippen molar-refractivity contribution in [3.63, 3.8) is 0 Å². The number of nitriles is 1. The molecule has 1 amide bonds. The molecule has 2 heterocycles. The molecule has 6 heteroatoms. The molecule has 6 nitrogen and oxygen atoms in total. The first-order valence-electron chi connectivity index (χ1n) is 9.81. The van der Waals surface area contributed by atoms with E-state index in [4.69, 9.17) is 5.26 Å². The van der Waals surface area contributed by atoms with Gasteiger partial charge in [0, 0.05) is 36.5 Å². The van der Waals surface area contributed by atoms with Gasteiger partial charge in [0.1, 0.15) is 11.8 Å². The summed E-state index contributed by atoms with van der Waals surface area (Å²) in [4.78, 5) is 18.7. The van der Waals surface area contributed by atoms with Crippen LogP contribution in [0.15, 0.2) is 42.6 Å². The van der Waals surface area contributed by atoms with Gasteiger partial charge in [-0.25, -0.2) is 4.98 Å². The summed E-state index contributed by atoms with van der Waals surface area (Å²) in [6, 6.07) is 13.2.